The molecule has 5 saturated heterocycles. The van der Waals surface area contributed by atoms with Gasteiger partial charge in [-0.1, -0.05) is 55.8 Å². The average Bonchev–Trinajstić information content (AvgIpc) is 1.38. The van der Waals surface area contributed by atoms with E-state index in [0.29, 0.717) is 38.5 Å². The lowest BCUT2D eigenvalue weighted by Gasteiger charge is -2.67. The molecule has 1 aromatic heterocycles. The van der Waals surface area contributed by atoms with Crippen molar-refractivity contribution in [3.63, 3.8) is 0 Å². The molecule has 3 saturated carbocycles. The van der Waals surface area contributed by atoms with E-state index in [1.54, 1.807) is 60.3 Å². The Morgan fingerprint density at radius 3 is 1.70 bits per heavy atom. The van der Waals surface area contributed by atoms with Crippen molar-refractivity contribution in [1.82, 2.24) is 4.98 Å². The molecule has 4 aliphatic carbocycles. The zero-order valence-electron chi connectivity index (χ0n) is 56.8. The first-order valence-corrected chi connectivity index (χ1v) is 34.0. The smallest absolute Gasteiger partial charge is 0.340 e. The normalized spacial score (nSPS) is 46.0. The lowest BCUT2D eigenvalue weighted by Crippen LogP contribution is -2.78. The summed E-state index contributed by atoms with van der Waals surface area (Å²) in [6.45, 7) is 12.1. The summed E-state index contributed by atoms with van der Waals surface area (Å²) in [5.74, 6) is -2.05. The maximum atomic E-state index is 14.0. The van der Waals surface area contributed by atoms with Gasteiger partial charge in [0.2, 0.25) is 0 Å². The molecule has 0 unspecified atom stereocenters. The van der Waals surface area contributed by atoms with Crippen LogP contribution in [0, 0.1) is 16.7 Å². The number of methoxy groups -OCH3 is 4. The molecule has 7 N–H and O–H groups in total. The predicted molar refractivity (Wildman–Crippen MR) is 337 cm³/mol. The number of aromatic nitrogens is 1. The van der Waals surface area contributed by atoms with Gasteiger partial charge in [0.25, 0.3) is 0 Å². The van der Waals surface area contributed by atoms with Gasteiger partial charge in [-0.2, -0.15) is 0 Å². The van der Waals surface area contributed by atoms with Gasteiger partial charge >= 0.3 is 11.9 Å². The van der Waals surface area contributed by atoms with Crippen molar-refractivity contribution in [3.8, 4) is 0 Å². The van der Waals surface area contributed by atoms with E-state index in [0.717, 1.165) is 11.1 Å². The number of fused-ring (bicyclic) bond motifs is 5. The number of carbonyl (C=O) groups excluding carboxylic acids is 2. The van der Waals surface area contributed by atoms with Crippen LogP contribution in [0.2, 0.25) is 0 Å². The number of ether oxygens (including phenoxy) is 16. The van der Waals surface area contributed by atoms with Crippen molar-refractivity contribution >= 4 is 18.0 Å². The van der Waals surface area contributed by atoms with E-state index in [2.05, 4.69) is 11.9 Å². The predicted octanol–water partition coefficient (Wildman–Crippen LogP) is 4.11. The van der Waals surface area contributed by atoms with Gasteiger partial charge in [0.15, 0.2) is 31.5 Å². The van der Waals surface area contributed by atoms with Gasteiger partial charge in [-0.15, -0.1) is 0 Å². The molecule has 26 heteroatoms. The van der Waals surface area contributed by atoms with Crippen LogP contribution in [-0.4, -0.2) is 252 Å². The first-order valence-electron chi connectivity index (χ1n) is 34.0. The molecular formula is C70H101NO25. The number of rotatable bonds is 21. The van der Waals surface area contributed by atoms with Crippen molar-refractivity contribution in [2.45, 2.75) is 283 Å². The number of benzene rings is 1. The standard InChI is InChI=1S/C70H101NO25/c1-36-60(93-54-30-46(82-9)61(37(2)86-54)94-55-31-47(83-10)62(38(3)87-55)95-56-32-48(84-11)63(39(4)88-56)96-65-59(76)58(75)57(74)49(35-72)91-65)45(81-8)29-53(85-36)90-44-22-23-66(6)43(28-44)21-24-69(79)50(66)33-51(92-52(73)20-19-41-16-13-12-14-17-41)67(7)68(78,25-26-70(67,69)80)40(5)89-64(77)42-18-15-27-71-34-42/h12-21,27,34,36-40,44-51,53-63,65,72,74-76,78-80H,22-26,28-33,35H2,1-11H3/t36-,37-,38-,39-,40+,44+,45+,46+,47-,48-,49-,50-,51-,53+,54+,55+,56+,57-,58+,59-,60-,61-,62-,63-,65+,66+,67-,68-,69+,70-/m1/s1. The molecule has 0 spiro atoms. The fourth-order valence-corrected chi connectivity index (χ4v) is 17.4. The molecule has 2 aromatic rings. The summed E-state index contributed by atoms with van der Waals surface area (Å²) in [7, 11) is 6.34. The molecule has 0 amide bonds. The summed E-state index contributed by atoms with van der Waals surface area (Å²) in [6, 6.07) is 12.4. The number of aliphatic hydroxyl groups excluding tert-OH is 4. The van der Waals surface area contributed by atoms with Crippen LogP contribution in [0.4, 0.5) is 0 Å². The molecule has 9 aliphatic rings. The van der Waals surface area contributed by atoms with Gasteiger partial charge < -0.3 is 112 Å². The lowest BCUT2D eigenvalue weighted by molar-refractivity contribution is -0.359. The molecular weight excluding hydrogens is 1250 g/mol. The van der Waals surface area contributed by atoms with Crippen molar-refractivity contribution < 1.29 is 121 Å². The first-order chi connectivity index (χ1) is 45.8. The number of aliphatic hydroxyl groups is 7. The molecule has 11 rings (SSSR count). The highest BCUT2D eigenvalue weighted by molar-refractivity contribution is 5.89. The summed E-state index contributed by atoms with van der Waals surface area (Å²) >= 11 is 0. The summed E-state index contributed by atoms with van der Waals surface area (Å²) in [5, 5.41) is 80.9. The molecule has 1 aromatic carbocycles. The Bertz CT molecular complexity index is 2990. The summed E-state index contributed by atoms with van der Waals surface area (Å²) < 4.78 is 101. The summed E-state index contributed by atoms with van der Waals surface area (Å²) in [4.78, 5) is 31.6. The zero-order valence-corrected chi connectivity index (χ0v) is 56.8. The Balaban J connectivity index is 0.694. The molecule has 0 radical (unpaired) electrons. The Labute approximate surface area is 561 Å². The van der Waals surface area contributed by atoms with E-state index in [4.69, 9.17) is 75.8 Å². The number of nitrogens with zero attached hydrogens (tertiary/aromatic N) is 1. The molecule has 0 bridgehead atoms. The minimum absolute atomic E-state index is 0.0458. The fraction of sp³-hybridized carbons (Fsp3) is 0.757. The highest BCUT2D eigenvalue weighted by Gasteiger charge is 2.81. The van der Waals surface area contributed by atoms with E-state index in [9.17, 15) is 45.3 Å². The second-order valence-corrected chi connectivity index (χ2v) is 28.2. The number of hydrogen-bond acceptors (Lipinski definition) is 26. The molecule has 26 nitrogen and oxygen atoms in total. The van der Waals surface area contributed by atoms with Gasteiger partial charge in [-0.3, -0.25) is 4.98 Å². The maximum absolute atomic E-state index is 14.0. The van der Waals surface area contributed by atoms with Crippen LogP contribution in [0.25, 0.3) is 6.08 Å². The van der Waals surface area contributed by atoms with Crippen molar-refractivity contribution in [2.24, 2.45) is 16.7 Å². The second kappa shape index (κ2) is 29.9. The molecule has 6 heterocycles. The van der Waals surface area contributed by atoms with Crippen molar-refractivity contribution in [1.29, 1.82) is 0 Å². The van der Waals surface area contributed by atoms with E-state index in [1.807, 2.05) is 57.2 Å². The van der Waals surface area contributed by atoms with Crippen molar-refractivity contribution in [2.75, 3.05) is 35.0 Å². The van der Waals surface area contributed by atoms with Gasteiger partial charge in [0.1, 0.15) is 77.8 Å². The average molecular weight is 1360 g/mol. The summed E-state index contributed by atoms with van der Waals surface area (Å²) in [5.41, 5.74) is -6.25. The van der Waals surface area contributed by atoms with E-state index >= 15 is 0 Å². The number of pyridine rings is 1. The first kappa shape index (κ1) is 73.2. The molecule has 30 atom stereocenters. The molecule has 5 aliphatic heterocycles. The van der Waals surface area contributed by atoms with Crippen LogP contribution in [0.5, 0.6) is 0 Å². The van der Waals surface area contributed by atoms with Crippen LogP contribution in [-0.2, 0) is 80.6 Å². The van der Waals surface area contributed by atoms with Crippen LogP contribution in [0.1, 0.15) is 135 Å². The van der Waals surface area contributed by atoms with E-state index in [-0.39, 0.29) is 43.8 Å². The lowest BCUT2D eigenvalue weighted by atomic mass is 9.42. The maximum Gasteiger partial charge on any atom is 0.340 e. The third-order valence-corrected chi connectivity index (χ3v) is 23.0. The number of esters is 2. The number of hydrogen-bond donors (Lipinski definition) is 7. The Hall–Kier alpha value is -4.05. The SMILES string of the molecule is CO[C@H]1C[C@H](O[C@H]2CC[C@@]3(C)C(=CC[C@]4(O)[C@@H]3C[C@@H](OC(=O)C=Cc3ccccc3)[C@@]3(C)[C@]4(O)CC[C@@]3(O)[C@H](C)OC(=O)c3cccnc3)C2)O[C@H](C)[C@H]1O[C@H]1C[C@H](OC)[C@H](O[C@H]2C[C@@H](OC)[C@H](O[C@H]3C[C@@H](OC)[C@H](O[C@@H]4O[C@H](CO)[C@@H](O)[C@H](O)[C@H]4O)[C@@H](C)O3)[C@@H](C)O2)[C@@H](C)O1. The minimum Gasteiger partial charge on any atom is -0.458 e. The van der Waals surface area contributed by atoms with Crippen LogP contribution in [0.15, 0.2) is 72.6 Å². The Morgan fingerprint density at radius 1 is 0.656 bits per heavy atom. The Kier molecular flexibility index (Phi) is 22.8. The van der Waals surface area contributed by atoms with Gasteiger partial charge in [0.05, 0.1) is 72.5 Å². The van der Waals surface area contributed by atoms with Gasteiger partial charge in [-0.25, -0.2) is 9.59 Å². The van der Waals surface area contributed by atoms with E-state index in [1.165, 1.54) is 25.6 Å². The quantitative estimate of drug-likeness (QED) is 0.0525. The fourth-order valence-electron chi connectivity index (χ4n) is 17.4. The topological polar surface area (TPSA) is 336 Å². The van der Waals surface area contributed by atoms with Crippen molar-refractivity contribution in [3.05, 3.63) is 83.7 Å². The molecule has 536 valence electrons. The van der Waals surface area contributed by atoms with Crippen LogP contribution < -0.4 is 0 Å². The molecule has 8 fully saturated rings. The highest BCUT2D eigenvalue weighted by atomic mass is 16.8. The number of carbonyl (C=O) groups is 2. The zero-order chi connectivity index (χ0) is 68.8. The third kappa shape index (κ3) is 13.8. The third-order valence-electron chi connectivity index (χ3n) is 23.0. The largest absolute Gasteiger partial charge is 0.458 e. The van der Waals surface area contributed by atoms with E-state index < -0.39 is 193 Å². The Morgan fingerprint density at radius 2 is 1.19 bits per heavy atom. The molecule has 96 heavy (non-hydrogen) atoms. The monoisotopic (exact) mass is 1360 g/mol. The second-order valence-electron chi connectivity index (χ2n) is 28.2. The van der Waals surface area contributed by atoms with Crippen LogP contribution in [0.3, 0.4) is 0 Å². The minimum atomic E-state index is -2.03. The van der Waals surface area contributed by atoms with Gasteiger partial charge in [-0.05, 0) is 109 Å². The summed E-state index contributed by atoms with van der Waals surface area (Å²) in [6.07, 6.45) is -8.95. The highest BCUT2D eigenvalue weighted by Crippen LogP contribution is 2.71. The van der Waals surface area contributed by atoms with Crippen LogP contribution >= 0.6 is 0 Å². The van der Waals surface area contributed by atoms with Gasteiger partial charge in [0, 0.05) is 78.5 Å².